The zero-order valence-electron chi connectivity index (χ0n) is 10.6. The van der Waals surface area contributed by atoms with Gasteiger partial charge in [-0.25, -0.2) is 0 Å². The highest BCUT2D eigenvalue weighted by Gasteiger charge is 2.22. The van der Waals surface area contributed by atoms with Crippen LogP contribution in [0.2, 0.25) is 0 Å². The number of rotatable bonds is 3. The normalized spacial score (nSPS) is 20.8. The zero-order valence-corrected chi connectivity index (χ0v) is 10.6. The topological polar surface area (TPSA) is 46.3 Å². The van der Waals surface area contributed by atoms with E-state index in [1.807, 2.05) is 32.0 Å². The summed E-state index contributed by atoms with van der Waals surface area (Å²) in [6, 6.07) is 6.27. The second-order valence-electron chi connectivity index (χ2n) is 5.03. The van der Waals surface area contributed by atoms with Gasteiger partial charge in [-0.3, -0.25) is 9.69 Å². The molecule has 92 valence electrons. The fourth-order valence-corrected chi connectivity index (χ4v) is 2.33. The van der Waals surface area contributed by atoms with E-state index in [0.717, 1.165) is 36.2 Å². The molecule has 17 heavy (non-hydrogen) atoms. The van der Waals surface area contributed by atoms with E-state index in [-0.39, 0.29) is 11.8 Å². The van der Waals surface area contributed by atoms with Crippen LogP contribution in [-0.4, -0.2) is 36.4 Å². The van der Waals surface area contributed by atoms with Crippen LogP contribution in [0.5, 0.6) is 0 Å². The molecule has 2 rings (SSSR count). The molecule has 1 saturated heterocycles. The van der Waals surface area contributed by atoms with Crippen molar-refractivity contribution in [2.45, 2.75) is 26.3 Å². The predicted octanol–water partition coefficient (Wildman–Crippen LogP) is 1.52. The molecule has 1 heterocycles. The van der Waals surface area contributed by atoms with Crippen molar-refractivity contribution >= 4 is 5.78 Å². The number of Topliss-reactive ketones (excluding diaryl/α,β-unsaturated/α-hetero) is 1. The molecule has 1 aliphatic heterocycles. The van der Waals surface area contributed by atoms with Crippen molar-refractivity contribution in [3.05, 3.63) is 34.9 Å². The second-order valence-corrected chi connectivity index (χ2v) is 5.03. The third-order valence-electron chi connectivity index (χ3n) is 3.37. The first-order valence-corrected chi connectivity index (χ1v) is 6.14. The highest BCUT2D eigenvalue weighted by Crippen LogP contribution is 2.14. The number of carbonyl (C=O) groups excluding carboxylic acids is 1. The van der Waals surface area contributed by atoms with Crippen molar-refractivity contribution in [3.8, 4) is 0 Å². The quantitative estimate of drug-likeness (QED) is 0.804. The first-order valence-electron chi connectivity index (χ1n) is 6.14. The molecule has 0 aliphatic carbocycles. The molecule has 0 aromatic heterocycles. The lowest BCUT2D eigenvalue weighted by Crippen LogP contribution is -2.31. The molecule has 0 radical (unpaired) electrons. The maximum Gasteiger partial charge on any atom is 0.177 e. The third-order valence-corrected chi connectivity index (χ3v) is 3.37. The van der Waals surface area contributed by atoms with Gasteiger partial charge in [0.25, 0.3) is 0 Å². The van der Waals surface area contributed by atoms with Crippen LogP contribution in [0.15, 0.2) is 18.2 Å². The molecule has 1 aliphatic rings. The van der Waals surface area contributed by atoms with Crippen molar-refractivity contribution in [1.29, 1.82) is 0 Å². The fraction of sp³-hybridized carbons (Fsp3) is 0.500. The molecule has 1 unspecified atom stereocenters. The zero-order chi connectivity index (χ0) is 12.4. The van der Waals surface area contributed by atoms with Gasteiger partial charge in [0.05, 0.1) is 6.54 Å². The van der Waals surface area contributed by atoms with E-state index in [2.05, 4.69) is 4.90 Å². The lowest BCUT2D eigenvalue weighted by atomic mass is 10.0. The molecular formula is C14H20N2O. The third kappa shape index (κ3) is 2.93. The molecule has 1 aromatic carbocycles. The van der Waals surface area contributed by atoms with Gasteiger partial charge in [0.15, 0.2) is 5.78 Å². The summed E-state index contributed by atoms with van der Waals surface area (Å²) < 4.78 is 0. The van der Waals surface area contributed by atoms with Crippen LogP contribution in [0.1, 0.15) is 27.9 Å². The smallest absolute Gasteiger partial charge is 0.177 e. The van der Waals surface area contributed by atoms with Gasteiger partial charge in [-0.05, 0) is 31.9 Å². The van der Waals surface area contributed by atoms with Gasteiger partial charge in [0.1, 0.15) is 0 Å². The second kappa shape index (κ2) is 4.98. The Morgan fingerprint density at radius 3 is 2.88 bits per heavy atom. The summed E-state index contributed by atoms with van der Waals surface area (Å²) in [5.74, 6) is 0.209. The molecule has 0 bridgehead atoms. The number of benzene rings is 1. The Morgan fingerprint density at radius 2 is 2.24 bits per heavy atom. The van der Waals surface area contributed by atoms with Gasteiger partial charge >= 0.3 is 0 Å². The van der Waals surface area contributed by atoms with Crippen molar-refractivity contribution in [3.63, 3.8) is 0 Å². The number of nitrogens with zero attached hydrogens (tertiary/aromatic N) is 1. The summed E-state index contributed by atoms with van der Waals surface area (Å²) in [6.07, 6.45) is 1.00. The minimum absolute atomic E-state index is 0.209. The molecule has 2 N–H and O–H groups in total. The van der Waals surface area contributed by atoms with Crippen LogP contribution in [0.3, 0.4) is 0 Å². The summed E-state index contributed by atoms with van der Waals surface area (Å²) in [7, 11) is 0. The number of carbonyl (C=O) groups is 1. The Labute approximate surface area is 103 Å². The van der Waals surface area contributed by atoms with Crippen LogP contribution in [0.4, 0.5) is 0 Å². The maximum atomic E-state index is 12.2. The number of hydrogen-bond acceptors (Lipinski definition) is 3. The number of ketones is 1. The van der Waals surface area contributed by atoms with Crippen LogP contribution < -0.4 is 5.73 Å². The van der Waals surface area contributed by atoms with Gasteiger partial charge in [0.2, 0.25) is 0 Å². The molecule has 1 atom stereocenters. The Balaban J connectivity index is 2.06. The number of likely N-dealkylation sites (tertiary alicyclic amines) is 1. The minimum atomic E-state index is 0.209. The highest BCUT2D eigenvalue weighted by molar-refractivity contribution is 5.99. The number of nitrogens with two attached hydrogens (primary N) is 1. The lowest BCUT2D eigenvalue weighted by Gasteiger charge is -2.15. The average molecular weight is 232 g/mol. The standard InChI is InChI=1S/C14H20N2O/c1-10-3-4-11(2)13(7-10)14(17)9-16-6-5-12(15)8-16/h3-4,7,12H,5-6,8-9,15H2,1-2H3. The first-order chi connectivity index (χ1) is 8.06. The monoisotopic (exact) mass is 232 g/mol. The van der Waals surface area contributed by atoms with Crippen molar-refractivity contribution < 1.29 is 4.79 Å². The van der Waals surface area contributed by atoms with Crippen LogP contribution in [0, 0.1) is 13.8 Å². The fourth-order valence-electron chi connectivity index (χ4n) is 2.33. The van der Waals surface area contributed by atoms with Crippen molar-refractivity contribution in [1.82, 2.24) is 4.90 Å². The van der Waals surface area contributed by atoms with Crippen LogP contribution in [0.25, 0.3) is 0 Å². The van der Waals surface area contributed by atoms with E-state index in [1.165, 1.54) is 0 Å². The molecule has 3 nitrogen and oxygen atoms in total. The lowest BCUT2D eigenvalue weighted by molar-refractivity contribution is 0.0944. The van der Waals surface area contributed by atoms with Gasteiger partial charge in [0, 0.05) is 24.7 Å². The molecular weight excluding hydrogens is 212 g/mol. The molecule has 1 fully saturated rings. The van der Waals surface area contributed by atoms with Crippen molar-refractivity contribution in [2.24, 2.45) is 5.73 Å². The first kappa shape index (κ1) is 12.3. The van der Waals surface area contributed by atoms with E-state index in [4.69, 9.17) is 5.73 Å². The van der Waals surface area contributed by atoms with E-state index >= 15 is 0 Å². The molecule has 3 heteroatoms. The van der Waals surface area contributed by atoms with E-state index < -0.39 is 0 Å². The Kier molecular flexibility index (Phi) is 3.60. The number of aryl methyl sites for hydroxylation is 2. The van der Waals surface area contributed by atoms with E-state index in [1.54, 1.807) is 0 Å². The Hall–Kier alpha value is -1.19. The summed E-state index contributed by atoms with van der Waals surface area (Å²) in [5, 5.41) is 0. The summed E-state index contributed by atoms with van der Waals surface area (Å²) in [5.41, 5.74) is 8.89. The molecule has 0 saturated carbocycles. The van der Waals surface area contributed by atoms with Gasteiger partial charge in [-0.1, -0.05) is 17.7 Å². The maximum absolute atomic E-state index is 12.2. The highest BCUT2D eigenvalue weighted by atomic mass is 16.1. The predicted molar refractivity (Wildman–Crippen MR) is 69.3 cm³/mol. The van der Waals surface area contributed by atoms with E-state index in [9.17, 15) is 4.79 Å². The van der Waals surface area contributed by atoms with Gasteiger partial charge in [-0.15, -0.1) is 0 Å². The minimum Gasteiger partial charge on any atom is -0.326 e. The summed E-state index contributed by atoms with van der Waals surface area (Å²) in [6.45, 7) is 6.29. The Bertz CT molecular complexity index is 428. The largest absolute Gasteiger partial charge is 0.326 e. The van der Waals surface area contributed by atoms with Gasteiger partial charge < -0.3 is 5.73 Å². The van der Waals surface area contributed by atoms with Crippen molar-refractivity contribution in [2.75, 3.05) is 19.6 Å². The Morgan fingerprint density at radius 1 is 1.47 bits per heavy atom. The summed E-state index contributed by atoms with van der Waals surface area (Å²) in [4.78, 5) is 14.3. The van der Waals surface area contributed by atoms with E-state index in [0.29, 0.717) is 6.54 Å². The number of hydrogen-bond donors (Lipinski definition) is 1. The van der Waals surface area contributed by atoms with Crippen LogP contribution in [-0.2, 0) is 0 Å². The van der Waals surface area contributed by atoms with Gasteiger partial charge in [-0.2, -0.15) is 0 Å². The SMILES string of the molecule is Cc1ccc(C)c(C(=O)CN2CCC(N)C2)c1. The molecule has 1 aromatic rings. The average Bonchev–Trinajstić information content (AvgIpc) is 2.67. The molecule has 0 amide bonds. The van der Waals surface area contributed by atoms with Crippen LogP contribution >= 0.6 is 0 Å². The molecule has 0 spiro atoms. The summed E-state index contributed by atoms with van der Waals surface area (Å²) >= 11 is 0.